The Balaban J connectivity index is 3.89. The van der Waals surface area contributed by atoms with Crippen molar-refractivity contribution in [3.63, 3.8) is 0 Å². The van der Waals surface area contributed by atoms with E-state index in [-0.39, 0.29) is 0 Å². The van der Waals surface area contributed by atoms with Gasteiger partial charge in [0.1, 0.15) is 8.24 Å². The lowest BCUT2D eigenvalue weighted by atomic mass is 10.5. The Morgan fingerprint density at radius 2 is 1.69 bits per heavy atom. The molecule has 0 spiro atoms. The molecule has 0 rings (SSSR count). The smallest absolute Gasteiger partial charge is 0.362 e. The van der Waals surface area contributed by atoms with E-state index in [0.29, 0.717) is 6.04 Å². The number of rotatable bonds is 4. The second-order valence-electron chi connectivity index (χ2n) is 4.30. The Morgan fingerprint density at radius 3 is 2.00 bits per heavy atom. The van der Waals surface area contributed by atoms with Crippen molar-refractivity contribution in [2.24, 2.45) is 0 Å². The third kappa shape index (κ3) is 8.51. The third-order valence-electron chi connectivity index (χ3n) is 1.71. The van der Waals surface area contributed by atoms with E-state index in [9.17, 15) is 13.2 Å². The molecule has 0 aromatic carbocycles. The van der Waals surface area contributed by atoms with Crippen molar-refractivity contribution in [2.45, 2.75) is 44.8 Å². The zero-order chi connectivity index (χ0) is 10.7. The van der Waals surface area contributed by atoms with Gasteiger partial charge in [0, 0.05) is 6.42 Å². The normalized spacial score (nSPS) is 13.8. The summed E-state index contributed by atoms with van der Waals surface area (Å²) in [5.74, 6) is 0. The van der Waals surface area contributed by atoms with Gasteiger partial charge in [0.25, 0.3) is 0 Å². The lowest BCUT2D eigenvalue weighted by molar-refractivity contribution is -0.130. The maximum absolute atomic E-state index is 11.9. The third-order valence-corrected chi connectivity index (χ3v) is 8.65. The van der Waals surface area contributed by atoms with Crippen LogP contribution in [0.25, 0.3) is 0 Å². The molecule has 0 aromatic rings. The van der Waals surface area contributed by atoms with Gasteiger partial charge in [0.2, 0.25) is 0 Å². The van der Waals surface area contributed by atoms with E-state index in [1.54, 1.807) is 0 Å². The zero-order valence-corrected chi connectivity index (χ0v) is 10.8. The molecule has 1 N–H and O–H groups in total. The molecule has 0 saturated carbocycles. The zero-order valence-electron chi connectivity index (χ0n) is 8.63. The largest absolute Gasteiger partial charge is 0.388 e. The van der Waals surface area contributed by atoms with Gasteiger partial charge < -0.3 is 4.65 Å². The molecule has 0 saturated heterocycles. The highest BCUT2D eigenvalue weighted by atomic mass is 28.4. The maximum atomic E-state index is 11.9. The van der Waals surface area contributed by atoms with E-state index in [1.165, 1.54) is 0 Å². The summed E-state index contributed by atoms with van der Waals surface area (Å²) in [5.41, 5.74) is 0. The second-order valence-corrected chi connectivity index (χ2v) is 12.0. The molecule has 13 heavy (non-hydrogen) atoms. The molecule has 0 atom stereocenters. The Kier molecular flexibility index (Phi) is 4.67. The summed E-state index contributed by atoms with van der Waals surface area (Å²) in [6.45, 7) is 8.13. The Labute approximate surface area is 80.5 Å². The number of nitrogens with one attached hydrogen (secondary N) is 1. The quantitative estimate of drug-likeness (QED) is 0.731. The van der Waals surface area contributed by atoms with Gasteiger partial charge in [-0.1, -0.05) is 26.2 Å². The fourth-order valence-electron chi connectivity index (χ4n) is 1.31. The molecule has 0 bridgehead atoms. The van der Waals surface area contributed by atoms with Crippen LogP contribution < -0.4 is 4.65 Å². The van der Waals surface area contributed by atoms with Crippen LogP contribution in [0.5, 0.6) is 0 Å². The van der Waals surface area contributed by atoms with Gasteiger partial charge in [-0.3, -0.25) is 0 Å². The monoisotopic (exact) mass is 229 g/mol. The van der Waals surface area contributed by atoms with Crippen molar-refractivity contribution in [2.75, 3.05) is 0 Å². The standard InChI is InChI=1S/C7H18F3NSi2/c1-12(2)11-13(3,4)6-5-7(8,9)10/h11-12H,5-6H2,1-4H3. The highest BCUT2D eigenvalue weighted by Gasteiger charge is 2.32. The lowest BCUT2D eigenvalue weighted by Crippen LogP contribution is -2.50. The molecule has 0 aliphatic carbocycles. The Morgan fingerprint density at radius 1 is 1.23 bits per heavy atom. The van der Waals surface area contributed by atoms with Gasteiger partial charge in [-0.05, 0) is 6.04 Å². The van der Waals surface area contributed by atoms with Crippen LogP contribution in [0.1, 0.15) is 6.42 Å². The van der Waals surface area contributed by atoms with Crippen LogP contribution in [0, 0.1) is 0 Å². The molecule has 0 aliphatic rings. The van der Waals surface area contributed by atoms with Crippen LogP contribution in [0.2, 0.25) is 32.2 Å². The molecule has 6 heteroatoms. The summed E-state index contributed by atoms with van der Waals surface area (Å²) in [4.78, 5) is 0. The fraction of sp³-hybridized carbons (Fsp3) is 1.00. The molecule has 0 aromatic heterocycles. The molecule has 1 nitrogen and oxygen atoms in total. The van der Waals surface area contributed by atoms with Crippen molar-refractivity contribution in [1.82, 2.24) is 4.65 Å². The minimum Gasteiger partial charge on any atom is -0.362 e. The van der Waals surface area contributed by atoms with Gasteiger partial charge >= 0.3 is 6.18 Å². The fourth-order valence-corrected chi connectivity index (χ4v) is 9.05. The van der Waals surface area contributed by atoms with Crippen LogP contribution >= 0.6 is 0 Å². The molecule has 0 fully saturated rings. The number of alkyl halides is 3. The maximum Gasteiger partial charge on any atom is 0.388 e. The van der Waals surface area contributed by atoms with Crippen LogP contribution in [0.15, 0.2) is 0 Å². The van der Waals surface area contributed by atoms with E-state index in [4.69, 9.17) is 0 Å². The number of halogens is 3. The molecular weight excluding hydrogens is 211 g/mol. The summed E-state index contributed by atoms with van der Waals surface area (Å²) in [5, 5.41) is 0. The van der Waals surface area contributed by atoms with E-state index in [2.05, 4.69) is 17.7 Å². The van der Waals surface area contributed by atoms with Gasteiger partial charge in [-0.25, -0.2) is 0 Å². The van der Waals surface area contributed by atoms with E-state index in [1.807, 2.05) is 13.1 Å². The van der Waals surface area contributed by atoms with Crippen molar-refractivity contribution >= 4 is 17.2 Å². The molecule has 80 valence electrons. The molecule has 0 amide bonds. The average molecular weight is 229 g/mol. The first-order valence-corrected chi connectivity index (χ1v) is 10.6. The Bertz CT molecular complexity index is 156. The first kappa shape index (κ1) is 13.2. The van der Waals surface area contributed by atoms with Crippen molar-refractivity contribution in [3.8, 4) is 0 Å². The SMILES string of the molecule is C[SiH](C)N[Si](C)(C)CCC(F)(F)F. The highest BCUT2D eigenvalue weighted by molar-refractivity contribution is 6.83. The molecule has 0 unspecified atom stereocenters. The first-order chi connectivity index (χ1) is 5.62. The lowest BCUT2D eigenvalue weighted by Gasteiger charge is -2.26. The van der Waals surface area contributed by atoms with E-state index in [0.717, 1.165) is 0 Å². The number of hydrogen-bond acceptors (Lipinski definition) is 1. The Hall–Kier alpha value is 0.184. The van der Waals surface area contributed by atoms with E-state index >= 15 is 0 Å². The minimum atomic E-state index is -4.00. The molecule has 0 radical (unpaired) electrons. The van der Waals surface area contributed by atoms with Crippen molar-refractivity contribution in [1.29, 1.82) is 0 Å². The van der Waals surface area contributed by atoms with Gasteiger partial charge in [0.05, 0.1) is 8.96 Å². The van der Waals surface area contributed by atoms with E-state index < -0.39 is 29.8 Å². The van der Waals surface area contributed by atoms with Gasteiger partial charge in [-0.15, -0.1) is 0 Å². The van der Waals surface area contributed by atoms with Crippen LogP contribution in [0.3, 0.4) is 0 Å². The van der Waals surface area contributed by atoms with Crippen LogP contribution in [-0.2, 0) is 0 Å². The van der Waals surface area contributed by atoms with Crippen LogP contribution in [0.4, 0.5) is 13.2 Å². The van der Waals surface area contributed by atoms with Gasteiger partial charge in [0.15, 0.2) is 0 Å². The van der Waals surface area contributed by atoms with Gasteiger partial charge in [-0.2, -0.15) is 13.2 Å². The molecular formula is C7H18F3NSi2. The summed E-state index contributed by atoms with van der Waals surface area (Å²) in [6.07, 6.45) is -4.63. The van der Waals surface area contributed by atoms with Crippen molar-refractivity contribution < 1.29 is 13.2 Å². The summed E-state index contributed by atoms with van der Waals surface area (Å²) >= 11 is 0. The van der Waals surface area contributed by atoms with Crippen molar-refractivity contribution in [3.05, 3.63) is 0 Å². The predicted octanol–water partition coefficient (Wildman–Crippen LogP) is 2.72. The predicted molar refractivity (Wildman–Crippen MR) is 55.0 cm³/mol. The summed E-state index contributed by atoms with van der Waals surface area (Å²) in [6, 6.07) is 0.293. The topological polar surface area (TPSA) is 12.0 Å². The molecule has 0 heterocycles. The first-order valence-electron chi connectivity index (χ1n) is 4.47. The minimum absolute atomic E-state index is 0.293. The highest BCUT2D eigenvalue weighted by Crippen LogP contribution is 2.25. The summed E-state index contributed by atoms with van der Waals surface area (Å²) < 4.78 is 39.2. The number of hydrogen-bond donors (Lipinski definition) is 1. The van der Waals surface area contributed by atoms with Crippen LogP contribution in [-0.4, -0.2) is 23.4 Å². The summed E-state index contributed by atoms with van der Waals surface area (Å²) in [7, 11) is -2.72. The second kappa shape index (κ2) is 4.61. The average Bonchev–Trinajstić information content (AvgIpc) is 1.79. The molecule has 0 aliphatic heterocycles.